The highest BCUT2D eigenvalue weighted by atomic mass is 32.1. The van der Waals surface area contributed by atoms with E-state index in [4.69, 9.17) is 19.7 Å². The van der Waals surface area contributed by atoms with Crippen molar-refractivity contribution in [3.63, 3.8) is 0 Å². The highest BCUT2D eigenvalue weighted by Gasteiger charge is 2.31. The lowest BCUT2D eigenvalue weighted by Crippen LogP contribution is -2.41. The van der Waals surface area contributed by atoms with E-state index in [9.17, 15) is 5.11 Å². The minimum absolute atomic E-state index is 0.347. The Morgan fingerprint density at radius 3 is 2.61 bits per heavy atom. The Labute approximate surface area is 214 Å². The van der Waals surface area contributed by atoms with Crippen LogP contribution in [0.15, 0.2) is 24.5 Å². The molecule has 10 heteroatoms. The summed E-state index contributed by atoms with van der Waals surface area (Å²) in [4.78, 5) is 25.3. The number of hydrogen-bond donors (Lipinski definition) is 1. The molecule has 190 valence electrons. The van der Waals surface area contributed by atoms with E-state index in [1.54, 1.807) is 11.3 Å². The van der Waals surface area contributed by atoms with E-state index in [-0.39, 0.29) is 0 Å². The summed E-state index contributed by atoms with van der Waals surface area (Å²) in [5.41, 5.74) is 3.22. The number of anilines is 1. The summed E-state index contributed by atoms with van der Waals surface area (Å²) >= 11 is 1.66. The molecule has 6 heterocycles. The number of rotatable bonds is 5. The lowest BCUT2D eigenvalue weighted by molar-refractivity contribution is -0.0136. The highest BCUT2D eigenvalue weighted by Crippen LogP contribution is 2.33. The maximum absolute atomic E-state index is 10.4. The van der Waals surface area contributed by atoms with Gasteiger partial charge in [0.05, 0.1) is 31.1 Å². The Kier molecular flexibility index (Phi) is 6.15. The van der Waals surface area contributed by atoms with Crippen LogP contribution in [0.25, 0.3) is 27.5 Å². The molecule has 0 saturated carbocycles. The van der Waals surface area contributed by atoms with Crippen LogP contribution in [0.3, 0.4) is 0 Å². The van der Waals surface area contributed by atoms with Crippen LogP contribution in [0.2, 0.25) is 0 Å². The fourth-order valence-corrected chi connectivity index (χ4v) is 6.32. The minimum atomic E-state index is -0.613. The predicted octanol–water partition coefficient (Wildman–Crippen LogP) is 3.53. The predicted molar refractivity (Wildman–Crippen MR) is 141 cm³/mol. The molecule has 6 rings (SSSR count). The third-order valence-electron chi connectivity index (χ3n) is 7.51. The Bertz CT molecular complexity index is 1380. The second-order valence-electron chi connectivity index (χ2n) is 10.5. The number of nitrogens with zero attached hydrogens (tertiary/aromatic N) is 7. The van der Waals surface area contributed by atoms with Crippen molar-refractivity contribution in [3.05, 3.63) is 35.1 Å². The number of morpholine rings is 1. The van der Waals surface area contributed by atoms with Crippen LogP contribution >= 0.6 is 11.3 Å². The molecule has 2 aliphatic heterocycles. The molecule has 0 aromatic carbocycles. The van der Waals surface area contributed by atoms with Crippen LogP contribution in [0.1, 0.15) is 37.3 Å². The maximum Gasteiger partial charge on any atom is 0.180 e. The molecular formula is C26H33N7O2S. The van der Waals surface area contributed by atoms with Gasteiger partial charge in [-0.2, -0.15) is 0 Å². The summed E-state index contributed by atoms with van der Waals surface area (Å²) in [6.45, 7) is 11.6. The number of hydrogen-bond acceptors (Lipinski definition) is 9. The average molecular weight is 508 g/mol. The summed E-state index contributed by atoms with van der Waals surface area (Å²) < 4.78 is 7.67. The molecule has 0 aliphatic carbocycles. The molecule has 0 amide bonds. The van der Waals surface area contributed by atoms with Crippen molar-refractivity contribution in [2.75, 3.05) is 44.3 Å². The molecule has 4 aromatic heterocycles. The molecule has 4 aromatic rings. The average Bonchev–Trinajstić information content (AvgIpc) is 3.52. The Morgan fingerprint density at radius 2 is 1.86 bits per heavy atom. The maximum atomic E-state index is 10.4. The number of aliphatic hydroxyl groups is 1. The minimum Gasteiger partial charge on any atom is -0.390 e. The quantitative estimate of drug-likeness (QED) is 0.439. The van der Waals surface area contributed by atoms with E-state index in [0.29, 0.717) is 25.0 Å². The van der Waals surface area contributed by atoms with E-state index in [1.807, 2.05) is 26.2 Å². The van der Waals surface area contributed by atoms with Crippen molar-refractivity contribution in [1.82, 2.24) is 29.2 Å². The first-order chi connectivity index (χ1) is 17.4. The van der Waals surface area contributed by atoms with E-state index in [2.05, 4.69) is 38.2 Å². The van der Waals surface area contributed by atoms with Gasteiger partial charge in [-0.1, -0.05) is 17.4 Å². The van der Waals surface area contributed by atoms with Crippen molar-refractivity contribution in [3.8, 4) is 11.5 Å². The number of pyridine rings is 1. The molecule has 0 spiro atoms. The molecule has 2 fully saturated rings. The van der Waals surface area contributed by atoms with Gasteiger partial charge in [0.15, 0.2) is 11.6 Å². The van der Waals surface area contributed by atoms with Gasteiger partial charge in [0, 0.05) is 25.5 Å². The van der Waals surface area contributed by atoms with Gasteiger partial charge in [-0.3, -0.25) is 9.30 Å². The van der Waals surface area contributed by atoms with Gasteiger partial charge in [-0.25, -0.2) is 19.9 Å². The van der Waals surface area contributed by atoms with Crippen molar-refractivity contribution in [2.24, 2.45) is 5.92 Å². The highest BCUT2D eigenvalue weighted by molar-refractivity contribution is 7.18. The second-order valence-corrected chi connectivity index (χ2v) is 11.5. The van der Waals surface area contributed by atoms with Crippen molar-refractivity contribution >= 4 is 33.1 Å². The topological polar surface area (TPSA) is 91.9 Å². The Balaban J connectivity index is 1.36. The Morgan fingerprint density at radius 1 is 1.08 bits per heavy atom. The number of fused-ring (bicyclic) bond motifs is 2. The zero-order chi connectivity index (χ0) is 24.9. The zero-order valence-corrected chi connectivity index (χ0v) is 22.0. The first-order valence-corrected chi connectivity index (χ1v) is 13.6. The normalized spacial score (nSPS) is 18.5. The number of ether oxygens (including phenoxy) is 1. The molecule has 0 bridgehead atoms. The molecular weight excluding hydrogens is 474 g/mol. The lowest BCUT2D eigenvalue weighted by Gasteiger charge is -2.37. The fourth-order valence-electron chi connectivity index (χ4n) is 5.35. The van der Waals surface area contributed by atoms with Crippen LogP contribution in [0, 0.1) is 12.8 Å². The van der Waals surface area contributed by atoms with Crippen LogP contribution < -0.4 is 4.90 Å². The third kappa shape index (κ3) is 4.47. The van der Waals surface area contributed by atoms with Crippen LogP contribution in [0.5, 0.6) is 0 Å². The third-order valence-corrected chi connectivity index (χ3v) is 8.45. The lowest BCUT2D eigenvalue weighted by atomic mass is 9.83. The van der Waals surface area contributed by atoms with Gasteiger partial charge in [0.25, 0.3) is 0 Å². The van der Waals surface area contributed by atoms with Gasteiger partial charge in [0.2, 0.25) is 0 Å². The molecule has 0 atom stereocenters. The van der Waals surface area contributed by atoms with Crippen molar-refractivity contribution in [1.29, 1.82) is 0 Å². The molecule has 2 saturated heterocycles. The standard InChI is InChI=1S/C26H33N7O2S/c1-17-4-5-19(33-11-8-27-23(17)33)22-29-24(32-12-14-35-15-13-32)21-25(30-22)36-20(28-21)16-31-9-6-18(7-10-31)26(2,3)34/h4-5,8,11,18,34H,6-7,9-10,12-16H2,1-3H3. The molecule has 2 aliphatic rings. The van der Waals surface area contributed by atoms with Crippen molar-refractivity contribution < 1.29 is 9.84 Å². The number of piperidine rings is 1. The van der Waals surface area contributed by atoms with E-state index >= 15 is 0 Å². The summed E-state index contributed by atoms with van der Waals surface area (Å²) in [6, 6.07) is 4.15. The number of aryl methyl sites for hydroxylation is 1. The first-order valence-electron chi connectivity index (χ1n) is 12.7. The SMILES string of the molecule is Cc1ccc(-c2nc(N3CCOCC3)c3nc(CN4CCC(C(C)(C)O)CC4)sc3n2)n2ccnc12. The van der Waals surface area contributed by atoms with Crippen LogP contribution in [-0.4, -0.2) is 79.3 Å². The first kappa shape index (κ1) is 23.7. The summed E-state index contributed by atoms with van der Waals surface area (Å²) in [5.74, 6) is 1.92. The summed E-state index contributed by atoms with van der Waals surface area (Å²) in [6.07, 6.45) is 5.80. The van der Waals surface area contributed by atoms with Gasteiger partial charge in [0.1, 0.15) is 21.0 Å². The monoisotopic (exact) mass is 507 g/mol. The number of likely N-dealkylation sites (tertiary alicyclic amines) is 1. The Hall–Kier alpha value is -2.66. The molecule has 1 N–H and O–H groups in total. The second kappa shape index (κ2) is 9.33. The van der Waals surface area contributed by atoms with E-state index < -0.39 is 5.60 Å². The molecule has 36 heavy (non-hydrogen) atoms. The summed E-state index contributed by atoms with van der Waals surface area (Å²) in [7, 11) is 0. The van der Waals surface area contributed by atoms with Gasteiger partial charge in [-0.15, -0.1) is 0 Å². The van der Waals surface area contributed by atoms with Crippen molar-refractivity contribution in [2.45, 2.75) is 45.8 Å². The summed E-state index contributed by atoms with van der Waals surface area (Å²) in [5, 5.41) is 11.5. The van der Waals surface area contributed by atoms with Crippen LogP contribution in [-0.2, 0) is 11.3 Å². The number of aromatic nitrogens is 5. The smallest absolute Gasteiger partial charge is 0.180 e. The van der Waals surface area contributed by atoms with Crippen LogP contribution in [0.4, 0.5) is 5.82 Å². The zero-order valence-electron chi connectivity index (χ0n) is 21.1. The number of thiazole rings is 1. The molecule has 9 nitrogen and oxygen atoms in total. The fraction of sp³-hybridized carbons (Fsp3) is 0.538. The largest absolute Gasteiger partial charge is 0.390 e. The van der Waals surface area contributed by atoms with Gasteiger partial charge < -0.3 is 14.7 Å². The molecule has 0 unspecified atom stereocenters. The van der Waals surface area contributed by atoms with E-state index in [1.165, 1.54) is 0 Å². The number of imidazole rings is 1. The van der Waals surface area contributed by atoms with E-state index in [0.717, 1.165) is 83.6 Å². The molecule has 0 radical (unpaired) electrons. The van der Waals surface area contributed by atoms with Gasteiger partial charge in [-0.05, 0) is 64.3 Å². The van der Waals surface area contributed by atoms with Gasteiger partial charge >= 0.3 is 0 Å².